The Bertz CT molecular complexity index is 1010. The number of hydrogen-bond donors (Lipinski definition) is 2. The number of aromatic nitrogens is 3. The minimum absolute atomic E-state index is 0.288. The van der Waals surface area contributed by atoms with E-state index in [1.165, 1.54) is 22.5 Å². The van der Waals surface area contributed by atoms with Crippen molar-refractivity contribution in [3.05, 3.63) is 53.8 Å². The van der Waals surface area contributed by atoms with Crippen LogP contribution in [0.4, 0.5) is 10.1 Å². The topological polar surface area (TPSA) is 95.1 Å². The number of nitrogens with zero attached hydrogens (tertiary/aromatic N) is 3. The van der Waals surface area contributed by atoms with Gasteiger partial charge in [-0.3, -0.25) is 4.79 Å². The molecule has 0 saturated carbocycles. The van der Waals surface area contributed by atoms with Gasteiger partial charge < -0.3 is 15.9 Å². The van der Waals surface area contributed by atoms with E-state index in [2.05, 4.69) is 15.5 Å². The monoisotopic (exact) mass is 415 g/mol. The summed E-state index contributed by atoms with van der Waals surface area (Å²) in [5.41, 5.74) is 1.70. The van der Waals surface area contributed by atoms with Gasteiger partial charge in [0.1, 0.15) is 11.6 Å². The van der Waals surface area contributed by atoms with Crippen molar-refractivity contribution in [3.63, 3.8) is 0 Å². The van der Waals surface area contributed by atoms with Crippen molar-refractivity contribution < 1.29 is 13.9 Å². The highest BCUT2D eigenvalue weighted by Gasteiger charge is 2.20. The second kappa shape index (κ2) is 8.95. The number of hydrogen-bond acceptors (Lipinski definition) is 6. The Labute approximate surface area is 172 Å². The van der Waals surface area contributed by atoms with Crippen LogP contribution in [0.25, 0.3) is 11.4 Å². The van der Waals surface area contributed by atoms with Crippen molar-refractivity contribution in [3.8, 4) is 17.1 Å². The molecule has 0 aliphatic rings. The molecule has 9 heteroatoms. The molecule has 0 saturated heterocycles. The number of ether oxygens (including phenoxy) is 1. The number of nitrogen functional groups attached to an aromatic ring is 1. The Morgan fingerprint density at radius 3 is 2.66 bits per heavy atom. The normalized spacial score (nSPS) is 11.9. The number of carbonyl (C=O) groups excluding carboxylic acids is 1. The Morgan fingerprint density at radius 1 is 1.28 bits per heavy atom. The first-order chi connectivity index (χ1) is 13.9. The Kier molecular flexibility index (Phi) is 6.38. The number of nitrogens with two attached hydrogens (primary N) is 1. The van der Waals surface area contributed by atoms with Gasteiger partial charge in [-0.05, 0) is 62.7 Å². The molecule has 3 aromatic rings. The van der Waals surface area contributed by atoms with Gasteiger partial charge in [0, 0.05) is 11.3 Å². The summed E-state index contributed by atoms with van der Waals surface area (Å²) < 4.78 is 20.4. The number of thioether (sulfide) groups is 1. The number of nitrogens with one attached hydrogen (secondary N) is 1. The van der Waals surface area contributed by atoms with Crippen LogP contribution in [0, 0.1) is 12.7 Å². The molecule has 0 aliphatic carbocycles. The van der Waals surface area contributed by atoms with E-state index >= 15 is 0 Å². The number of amides is 1. The lowest BCUT2D eigenvalue weighted by molar-refractivity contribution is -0.115. The Morgan fingerprint density at radius 2 is 2.00 bits per heavy atom. The molecule has 0 bridgehead atoms. The van der Waals surface area contributed by atoms with Gasteiger partial charge in [-0.25, -0.2) is 9.07 Å². The third-order valence-electron chi connectivity index (χ3n) is 4.18. The van der Waals surface area contributed by atoms with Crippen molar-refractivity contribution in [1.29, 1.82) is 0 Å². The molecule has 7 nitrogen and oxygen atoms in total. The minimum atomic E-state index is -0.515. The molecule has 0 aliphatic heterocycles. The van der Waals surface area contributed by atoms with E-state index in [0.29, 0.717) is 28.8 Å². The van der Waals surface area contributed by atoms with Crippen LogP contribution in [0.2, 0.25) is 0 Å². The zero-order valence-electron chi connectivity index (χ0n) is 16.3. The molecule has 1 heterocycles. The summed E-state index contributed by atoms with van der Waals surface area (Å²) in [6, 6.07) is 11.9. The van der Waals surface area contributed by atoms with E-state index in [-0.39, 0.29) is 11.7 Å². The summed E-state index contributed by atoms with van der Waals surface area (Å²) >= 11 is 1.17. The van der Waals surface area contributed by atoms with Crippen LogP contribution >= 0.6 is 11.8 Å². The van der Waals surface area contributed by atoms with Gasteiger partial charge in [-0.15, -0.1) is 10.2 Å². The number of halogens is 1. The maximum absolute atomic E-state index is 13.7. The molecule has 3 N–H and O–H groups in total. The van der Waals surface area contributed by atoms with Crippen LogP contribution in [0.15, 0.2) is 47.6 Å². The molecule has 0 radical (unpaired) electrons. The molecule has 0 unspecified atom stereocenters. The molecule has 1 aromatic heterocycles. The molecular formula is C20H22FN5O2S. The van der Waals surface area contributed by atoms with Gasteiger partial charge in [-0.2, -0.15) is 0 Å². The van der Waals surface area contributed by atoms with Crippen LogP contribution < -0.4 is 15.9 Å². The van der Waals surface area contributed by atoms with Crippen LogP contribution in [-0.4, -0.2) is 32.6 Å². The zero-order valence-corrected chi connectivity index (χ0v) is 17.2. The number of anilines is 1. The molecule has 152 valence electrons. The van der Waals surface area contributed by atoms with Crippen molar-refractivity contribution in [2.75, 3.05) is 17.8 Å². The molecular weight excluding hydrogens is 393 g/mol. The number of benzene rings is 2. The predicted molar refractivity (Wildman–Crippen MR) is 112 cm³/mol. The van der Waals surface area contributed by atoms with Gasteiger partial charge in [0.2, 0.25) is 11.1 Å². The third-order valence-corrected chi connectivity index (χ3v) is 5.24. The average Bonchev–Trinajstić information content (AvgIpc) is 3.06. The standard InChI is InChI=1S/C20H22FN5O2S/c1-4-28-16-9-6-14(7-10-16)18-24-25-20(26(18)22)29-13(3)19(27)23-15-8-5-12(2)17(21)11-15/h5-11,13H,4,22H2,1-3H3,(H,23,27)/t13-/m0/s1. The van der Waals surface area contributed by atoms with E-state index in [1.54, 1.807) is 26.0 Å². The highest BCUT2D eigenvalue weighted by Crippen LogP contribution is 2.26. The lowest BCUT2D eigenvalue weighted by Gasteiger charge is -2.12. The summed E-state index contributed by atoms with van der Waals surface area (Å²) in [4.78, 5) is 12.4. The largest absolute Gasteiger partial charge is 0.494 e. The van der Waals surface area contributed by atoms with Gasteiger partial charge >= 0.3 is 0 Å². The summed E-state index contributed by atoms with van der Waals surface area (Å²) in [5.74, 6) is 6.70. The summed E-state index contributed by atoms with van der Waals surface area (Å²) in [5, 5.41) is 10.8. The van der Waals surface area contributed by atoms with Crippen molar-refractivity contribution in [2.45, 2.75) is 31.2 Å². The first-order valence-corrected chi connectivity index (χ1v) is 9.94. The molecule has 0 spiro atoms. The fourth-order valence-corrected chi connectivity index (χ4v) is 3.32. The van der Waals surface area contributed by atoms with Gasteiger partial charge in [0.25, 0.3) is 0 Å². The fraction of sp³-hybridized carbons (Fsp3) is 0.250. The lowest BCUT2D eigenvalue weighted by Crippen LogP contribution is -2.23. The first-order valence-electron chi connectivity index (χ1n) is 9.06. The minimum Gasteiger partial charge on any atom is -0.494 e. The molecule has 29 heavy (non-hydrogen) atoms. The second-order valence-electron chi connectivity index (χ2n) is 6.35. The Balaban J connectivity index is 1.68. The maximum Gasteiger partial charge on any atom is 0.237 e. The molecule has 0 fully saturated rings. The van der Waals surface area contributed by atoms with Crippen molar-refractivity contribution in [2.24, 2.45) is 0 Å². The van der Waals surface area contributed by atoms with Crippen LogP contribution in [0.5, 0.6) is 5.75 Å². The van der Waals surface area contributed by atoms with Gasteiger partial charge in [-0.1, -0.05) is 17.8 Å². The average molecular weight is 415 g/mol. The third kappa shape index (κ3) is 4.86. The number of aryl methyl sites for hydroxylation is 1. The molecule has 1 atom stereocenters. The van der Waals surface area contributed by atoms with Gasteiger partial charge in [0.05, 0.1) is 11.9 Å². The SMILES string of the molecule is CCOc1ccc(-c2nnc(S[C@@H](C)C(=O)Nc3ccc(C)c(F)c3)n2N)cc1. The summed E-state index contributed by atoms with van der Waals surface area (Å²) in [7, 11) is 0. The van der Waals surface area contributed by atoms with Crippen LogP contribution in [-0.2, 0) is 4.79 Å². The molecule has 3 rings (SSSR count). The molecule has 2 aromatic carbocycles. The summed E-state index contributed by atoms with van der Waals surface area (Å²) in [6.07, 6.45) is 0. The predicted octanol–water partition coefficient (Wildman–Crippen LogP) is 3.62. The lowest BCUT2D eigenvalue weighted by atomic mass is 10.2. The van der Waals surface area contributed by atoms with Crippen LogP contribution in [0.1, 0.15) is 19.4 Å². The van der Waals surface area contributed by atoms with E-state index in [1.807, 2.05) is 31.2 Å². The quantitative estimate of drug-likeness (QED) is 0.452. The van der Waals surface area contributed by atoms with Crippen molar-refractivity contribution in [1.82, 2.24) is 14.9 Å². The van der Waals surface area contributed by atoms with Gasteiger partial charge in [0.15, 0.2) is 5.82 Å². The first kappa shape index (κ1) is 20.7. The number of carbonyl (C=O) groups is 1. The van der Waals surface area contributed by atoms with Crippen molar-refractivity contribution >= 4 is 23.4 Å². The highest BCUT2D eigenvalue weighted by molar-refractivity contribution is 8.00. The number of rotatable bonds is 7. The fourth-order valence-electron chi connectivity index (χ4n) is 2.55. The zero-order chi connectivity index (χ0) is 21.0. The summed E-state index contributed by atoms with van der Waals surface area (Å²) in [6.45, 7) is 5.88. The maximum atomic E-state index is 13.7. The van der Waals surface area contributed by atoms with E-state index in [4.69, 9.17) is 10.6 Å². The second-order valence-corrected chi connectivity index (χ2v) is 7.65. The highest BCUT2D eigenvalue weighted by atomic mass is 32.2. The smallest absolute Gasteiger partial charge is 0.237 e. The van der Waals surface area contributed by atoms with E-state index in [9.17, 15) is 9.18 Å². The Hall–Kier alpha value is -3.07. The van der Waals surface area contributed by atoms with E-state index < -0.39 is 5.25 Å². The van der Waals surface area contributed by atoms with E-state index in [0.717, 1.165) is 11.3 Å². The molecule has 1 amide bonds. The van der Waals surface area contributed by atoms with Crippen LogP contribution in [0.3, 0.4) is 0 Å².